The van der Waals surface area contributed by atoms with Crippen molar-refractivity contribution in [2.24, 2.45) is 0 Å². The van der Waals surface area contributed by atoms with Crippen molar-refractivity contribution in [3.05, 3.63) is 75.5 Å². The van der Waals surface area contributed by atoms with E-state index in [-0.39, 0.29) is 9.77 Å². The van der Waals surface area contributed by atoms with Crippen LogP contribution in [0.3, 0.4) is 0 Å². The number of anilines is 2. The lowest BCUT2D eigenvalue weighted by molar-refractivity contribution is 0.102. The molecular weight excluding hydrogens is 380 g/mol. The first-order chi connectivity index (χ1) is 12.8. The van der Waals surface area contributed by atoms with Gasteiger partial charge in [-0.3, -0.25) is 9.52 Å². The first kappa shape index (κ1) is 19.1. The zero-order chi connectivity index (χ0) is 19.6. The maximum Gasteiger partial charge on any atom is 0.267 e. The number of hydrogen-bond donors (Lipinski definition) is 2. The fourth-order valence-electron chi connectivity index (χ4n) is 2.94. The number of amides is 1. The molecule has 0 aliphatic rings. The molecule has 0 bridgehead atoms. The molecule has 3 rings (SSSR count). The number of thiophene rings is 1. The second-order valence-electron chi connectivity index (χ2n) is 6.31. The quantitative estimate of drug-likeness (QED) is 0.650. The molecule has 2 N–H and O–H groups in total. The van der Waals surface area contributed by atoms with E-state index in [1.165, 1.54) is 6.07 Å². The topological polar surface area (TPSA) is 75.3 Å². The van der Waals surface area contributed by atoms with E-state index in [9.17, 15) is 13.2 Å². The molecule has 0 saturated heterocycles. The molecule has 0 aliphatic carbocycles. The van der Waals surface area contributed by atoms with Gasteiger partial charge in [0.15, 0.2) is 0 Å². The van der Waals surface area contributed by atoms with Gasteiger partial charge in [0, 0.05) is 11.4 Å². The predicted molar refractivity (Wildman–Crippen MR) is 110 cm³/mol. The van der Waals surface area contributed by atoms with Gasteiger partial charge in [0.05, 0.1) is 0 Å². The first-order valence-corrected chi connectivity index (χ1v) is 10.7. The Balaban J connectivity index is 1.90. The summed E-state index contributed by atoms with van der Waals surface area (Å²) in [4.78, 5) is 12.9. The summed E-state index contributed by atoms with van der Waals surface area (Å²) in [6, 6.07) is 14.0. The molecular formula is C20H20N2O3S2. The largest absolute Gasteiger partial charge is 0.321 e. The maximum absolute atomic E-state index is 12.8. The lowest BCUT2D eigenvalue weighted by Crippen LogP contribution is -2.19. The molecule has 0 aliphatic heterocycles. The third-order valence-electron chi connectivity index (χ3n) is 4.07. The summed E-state index contributed by atoms with van der Waals surface area (Å²) in [6.45, 7) is 5.82. The predicted octanol–water partition coefficient (Wildman–Crippen LogP) is 4.73. The number of hydrogen-bond acceptors (Lipinski definition) is 4. The van der Waals surface area contributed by atoms with E-state index in [1.807, 2.05) is 32.9 Å². The Morgan fingerprint density at radius 2 is 1.59 bits per heavy atom. The summed E-state index contributed by atoms with van der Waals surface area (Å²) in [5.41, 5.74) is 4.13. The number of sulfonamides is 1. The minimum absolute atomic E-state index is 0.0312. The second-order valence-corrected chi connectivity index (χ2v) is 8.88. The lowest BCUT2D eigenvalue weighted by atomic mass is 10.1. The minimum Gasteiger partial charge on any atom is -0.321 e. The molecule has 5 nitrogen and oxygen atoms in total. The van der Waals surface area contributed by atoms with E-state index in [1.54, 1.807) is 35.7 Å². The maximum atomic E-state index is 12.8. The Morgan fingerprint density at radius 3 is 2.22 bits per heavy atom. The molecule has 27 heavy (non-hydrogen) atoms. The molecule has 140 valence electrons. The third-order valence-corrected chi connectivity index (χ3v) is 6.53. The molecule has 2 aromatic carbocycles. The van der Waals surface area contributed by atoms with E-state index in [0.717, 1.165) is 28.0 Å². The smallest absolute Gasteiger partial charge is 0.267 e. The lowest BCUT2D eigenvalue weighted by Gasteiger charge is -2.13. The second kappa shape index (κ2) is 7.54. The highest BCUT2D eigenvalue weighted by Gasteiger charge is 2.25. The molecule has 0 spiro atoms. The van der Waals surface area contributed by atoms with Crippen LogP contribution in [0.15, 0.2) is 58.8 Å². The average molecular weight is 401 g/mol. The van der Waals surface area contributed by atoms with Gasteiger partial charge in [-0.15, -0.1) is 11.3 Å². The summed E-state index contributed by atoms with van der Waals surface area (Å²) in [5, 5.41) is 4.46. The van der Waals surface area contributed by atoms with Gasteiger partial charge in [-0.2, -0.15) is 0 Å². The van der Waals surface area contributed by atoms with Crippen LogP contribution in [0.4, 0.5) is 11.4 Å². The zero-order valence-corrected chi connectivity index (χ0v) is 16.9. The number of para-hydroxylation sites is 1. The summed E-state index contributed by atoms with van der Waals surface area (Å²) in [5.74, 6) is -0.437. The van der Waals surface area contributed by atoms with Crippen molar-refractivity contribution < 1.29 is 13.2 Å². The summed E-state index contributed by atoms with van der Waals surface area (Å²) < 4.78 is 28.0. The number of carbonyl (C=O) groups excluding carboxylic acids is 1. The number of rotatable bonds is 5. The van der Waals surface area contributed by atoms with E-state index in [4.69, 9.17) is 0 Å². The number of aryl methyl sites for hydroxylation is 3. The van der Waals surface area contributed by atoms with Crippen LogP contribution in [0, 0.1) is 20.8 Å². The van der Waals surface area contributed by atoms with Crippen LogP contribution in [0.25, 0.3) is 0 Å². The van der Waals surface area contributed by atoms with E-state index in [0.29, 0.717) is 11.4 Å². The van der Waals surface area contributed by atoms with E-state index >= 15 is 0 Å². The molecule has 3 aromatic rings. The summed E-state index contributed by atoms with van der Waals surface area (Å²) >= 11 is 1.10. The molecule has 0 radical (unpaired) electrons. The van der Waals surface area contributed by atoms with Crippen LogP contribution in [-0.4, -0.2) is 14.3 Å². The van der Waals surface area contributed by atoms with Crippen LogP contribution in [-0.2, 0) is 10.0 Å². The van der Waals surface area contributed by atoms with Crippen LogP contribution in [0.2, 0.25) is 0 Å². The first-order valence-electron chi connectivity index (χ1n) is 8.32. The molecule has 7 heteroatoms. The van der Waals surface area contributed by atoms with Crippen molar-refractivity contribution in [1.29, 1.82) is 0 Å². The van der Waals surface area contributed by atoms with Crippen molar-refractivity contribution in [2.45, 2.75) is 25.7 Å². The van der Waals surface area contributed by atoms with Gasteiger partial charge < -0.3 is 5.32 Å². The molecule has 0 saturated carbocycles. The van der Waals surface area contributed by atoms with Crippen molar-refractivity contribution in [1.82, 2.24) is 0 Å². The van der Waals surface area contributed by atoms with Gasteiger partial charge in [0.1, 0.15) is 9.77 Å². The fraction of sp³-hybridized carbons (Fsp3) is 0.150. The molecule has 0 unspecified atom stereocenters. The van der Waals surface area contributed by atoms with Gasteiger partial charge in [0.25, 0.3) is 15.9 Å². The normalized spacial score (nSPS) is 11.2. The summed E-state index contributed by atoms with van der Waals surface area (Å²) in [7, 11) is -3.87. The Labute approximate surface area is 163 Å². The van der Waals surface area contributed by atoms with Crippen molar-refractivity contribution in [3.63, 3.8) is 0 Å². The highest BCUT2D eigenvalue weighted by molar-refractivity contribution is 7.93. The number of nitrogens with one attached hydrogen (secondary N) is 2. The standard InChI is InChI=1S/C20H20N2O3S2/c1-13-11-14(2)18(15(3)12-13)21-20(23)19-17(9-10-26-19)27(24,25)22-16-7-5-4-6-8-16/h4-12,22H,1-3H3,(H,21,23). The molecule has 0 atom stereocenters. The van der Waals surface area contributed by atoms with Gasteiger partial charge in [0.2, 0.25) is 0 Å². The minimum atomic E-state index is -3.87. The van der Waals surface area contributed by atoms with Gasteiger partial charge >= 0.3 is 0 Å². The number of benzene rings is 2. The summed E-state index contributed by atoms with van der Waals surface area (Å²) in [6.07, 6.45) is 0. The molecule has 0 fully saturated rings. The zero-order valence-electron chi connectivity index (χ0n) is 15.2. The molecule has 1 aromatic heterocycles. The Kier molecular flexibility index (Phi) is 5.34. The van der Waals surface area contributed by atoms with Crippen LogP contribution in [0.1, 0.15) is 26.4 Å². The van der Waals surface area contributed by atoms with Crippen LogP contribution >= 0.6 is 11.3 Å². The highest BCUT2D eigenvalue weighted by atomic mass is 32.2. The van der Waals surface area contributed by atoms with Gasteiger partial charge in [-0.1, -0.05) is 35.9 Å². The number of carbonyl (C=O) groups is 1. The van der Waals surface area contributed by atoms with Crippen molar-refractivity contribution in [3.8, 4) is 0 Å². The van der Waals surface area contributed by atoms with Crippen molar-refractivity contribution in [2.75, 3.05) is 10.0 Å². The van der Waals surface area contributed by atoms with Gasteiger partial charge in [-0.05, 0) is 55.5 Å². The Hall–Kier alpha value is -2.64. The Bertz CT molecular complexity index is 1060. The van der Waals surface area contributed by atoms with E-state index in [2.05, 4.69) is 10.0 Å². The highest BCUT2D eigenvalue weighted by Crippen LogP contribution is 2.27. The van der Waals surface area contributed by atoms with Crippen LogP contribution < -0.4 is 10.0 Å². The third kappa shape index (κ3) is 4.20. The molecule has 1 heterocycles. The average Bonchev–Trinajstić information content (AvgIpc) is 3.09. The Morgan fingerprint density at radius 1 is 0.963 bits per heavy atom. The van der Waals surface area contributed by atoms with E-state index < -0.39 is 15.9 Å². The van der Waals surface area contributed by atoms with Crippen molar-refractivity contribution >= 4 is 38.6 Å². The monoisotopic (exact) mass is 400 g/mol. The fourth-order valence-corrected chi connectivity index (χ4v) is 5.32. The molecule has 1 amide bonds. The van der Waals surface area contributed by atoms with Gasteiger partial charge in [-0.25, -0.2) is 8.42 Å². The SMILES string of the molecule is Cc1cc(C)c(NC(=O)c2sccc2S(=O)(=O)Nc2ccccc2)c(C)c1. The van der Waals surface area contributed by atoms with Crippen LogP contribution in [0.5, 0.6) is 0 Å².